The van der Waals surface area contributed by atoms with Gasteiger partial charge in [0.2, 0.25) is 0 Å². The highest BCUT2D eigenvalue weighted by atomic mass is 35.5. The first kappa shape index (κ1) is 14.6. The fourth-order valence-corrected chi connectivity index (χ4v) is 1.84. The maximum absolute atomic E-state index is 12.1. The van der Waals surface area contributed by atoms with Crippen LogP contribution in [0.4, 0.5) is 5.69 Å². The number of amidine groups is 1. The van der Waals surface area contributed by atoms with Crippen LogP contribution in [-0.2, 0) is 0 Å². The second-order valence-electron chi connectivity index (χ2n) is 4.02. The monoisotopic (exact) mass is 306 g/mol. The van der Waals surface area contributed by atoms with Crippen molar-refractivity contribution in [3.8, 4) is 5.75 Å². The smallest absolute Gasteiger partial charge is 0.259 e. The molecule has 2 aromatic rings. The SMILES string of the molecule is N/C(=N/O)c1ccc(Cl)cc1NC(=O)c1ccncc1O. The highest BCUT2D eigenvalue weighted by Crippen LogP contribution is 2.23. The van der Waals surface area contributed by atoms with Crippen molar-refractivity contribution < 1.29 is 15.1 Å². The van der Waals surface area contributed by atoms with E-state index in [0.29, 0.717) is 10.6 Å². The fourth-order valence-electron chi connectivity index (χ4n) is 1.66. The van der Waals surface area contributed by atoms with Gasteiger partial charge >= 0.3 is 0 Å². The van der Waals surface area contributed by atoms with Gasteiger partial charge in [-0.2, -0.15) is 0 Å². The molecule has 7 nitrogen and oxygen atoms in total. The lowest BCUT2D eigenvalue weighted by Crippen LogP contribution is -2.19. The van der Waals surface area contributed by atoms with Crippen LogP contribution in [0.15, 0.2) is 41.8 Å². The molecule has 0 spiro atoms. The molecule has 1 amide bonds. The molecule has 1 heterocycles. The van der Waals surface area contributed by atoms with E-state index in [1.807, 2.05) is 0 Å². The molecule has 0 bridgehead atoms. The molecule has 5 N–H and O–H groups in total. The number of amides is 1. The van der Waals surface area contributed by atoms with Crippen LogP contribution in [0.5, 0.6) is 5.75 Å². The van der Waals surface area contributed by atoms with E-state index >= 15 is 0 Å². The van der Waals surface area contributed by atoms with E-state index in [9.17, 15) is 9.90 Å². The van der Waals surface area contributed by atoms with Crippen molar-refractivity contribution >= 4 is 29.0 Å². The van der Waals surface area contributed by atoms with Gasteiger partial charge in [-0.3, -0.25) is 9.78 Å². The van der Waals surface area contributed by atoms with Gasteiger partial charge in [-0.25, -0.2) is 0 Å². The number of oxime groups is 1. The van der Waals surface area contributed by atoms with Gasteiger partial charge in [-0.1, -0.05) is 16.8 Å². The molecule has 0 saturated carbocycles. The largest absolute Gasteiger partial charge is 0.505 e. The summed E-state index contributed by atoms with van der Waals surface area (Å²) in [5, 5.41) is 24.1. The molecule has 8 heteroatoms. The van der Waals surface area contributed by atoms with Crippen molar-refractivity contribution in [2.24, 2.45) is 10.9 Å². The number of pyridine rings is 1. The summed E-state index contributed by atoms with van der Waals surface area (Å²) in [4.78, 5) is 15.8. The molecule has 0 atom stereocenters. The van der Waals surface area contributed by atoms with Crippen molar-refractivity contribution in [2.75, 3.05) is 5.32 Å². The Kier molecular flexibility index (Phi) is 4.24. The number of nitrogens with two attached hydrogens (primary N) is 1. The number of hydrogen-bond donors (Lipinski definition) is 4. The Bertz CT molecular complexity index is 718. The van der Waals surface area contributed by atoms with Gasteiger partial charge < -0.3 is 21.4 Å². The van der Waals surface area contributed by atoms with E-state index in [4.69, 9.17) is 22.5 Å². The Balaban J connectivity index is 2.37. The highest BCUT2D eigenvalue weighted by molar-refractivity contribution is 6.31. The molecule has 21 heavy (non-hydrogen) atoms. The molecule has 2 rings (SSSR count). The van der Waals surface area contributed by atoms with Crippen LogP contribution in [0.2, 0.25) is 5.02 Å². The van der Waals surface area contributed by atoms with Gasteiger partial charge in [0.05, 0.1) is 17.4 Å². The molecule has 1 aromatic carbocycles. The molecule has 0 aliphatic rings. The molecule has 108 valence electrons. The topological polar surface area (TPSA) is 121 Å². The first-order valence-corrected chi connectivity index (χ1v) is 6.12. The summed E-state index contributed by atoms with van der Waals surface area (Å²) in [6.45, 7) is 0. The second-order valence-corrected chi connectivity index (χ2v) is 4.46. The number of halogens is 1. The van der Waals surface area contributed by atoms with Gasteiger partial charge in [0.15, 0.2) is 5.84 Å². The number of hydrogen-bond acceptors (Lipinski definition) is 5. The minimum absolute atomic E-state index is 0.0374. The third-order valence-corrected chi connectivity index (χ3v) is 2.89. The number of nitrogens with zero attached hydrogens (tertiary/aromatic N) is 2. The number of nitrogens with one attached hydrogen (secondary N) is 1. The lowest BCUT2D eigenvalue weighted by atomic mass is 10.1. The Hall–Kier alpha value is -2.80. The highest BCUT2D eigenvalue weighted by Gasteiger charge is 2.15. The maximum Gasteiger partial charge on any atom is 0.259 e. The van der Waals surface area contributed by atoms with Gasteiger partial charge in [-0.05, 0) is 24.3 Å². The predicted molar refractivity (Wildman–Crippen MR) is 77.8 cm³/mol. The van der Waals surface area contributed by atoms with Crippen molar-refractivity contribution in [1.82, 2.24) is 4.98 Å². The first-order chi connectivity index (χ1) is 10.0. The zero-order chi connectivity index (χ0) is 15.4. The zero-order valence-corrected chi connectivity index (χ0v) is 11.4. The van der Waals surface area contributed by atoms with Crippen LogP contribution < -0.4 is 11.1 Å². The third kappa shape index (κ3) is 3.21. The van der Waals surface area contributed by atoms with Crippen LogP contribution in [0.3, 0.4) is 0 Å². The predicted octanol–water partition coefficient (Wildman–Crippen LogP) is 1.79. The van der Waals surface area contributed by atoms with Crippen LogP contribution in [-0.4, -0.2) is 27.0 Å². The van der Waals surface area contributed by atoms with Crippen LogP contribution in [0.25, 0.3) is 0 Å². The van der Waals surface area contributed by atoms with Crippen molar-refractivity contribution in [1.29, 1.82) is 0 Å². The molecule has 0 aliphatic carbocycles. The Morgan fingerprint density at radius 1 is 1.33 bits per heavy atom. The summed E-state index contributed by atoms with van der Waals surface area (Å²) in [6.07, 6.45) is 2.52. The minimum atomic E-state index is -0.579. The lowest BCUT2D eigenvalue weighted by molar-refractivity contribution is 0.102. The molecule has 0 saturated heterocycles. The first-order valence-electron chi connectivity index (χ1n) is 5.74. The average Bonchev–Trinajstić information content (AvgIpc) is 2.47. The van der Waals surface area contributed by atoms with Gasteiger partial charge in [0.1, 0.15) is 5.75 Å². The van der Waals surface area contributed by atoms with E-state index in [2.05, 4.69) is 15.5 Å². The molecule has 0 radical (unpaired) electrons. The van der Waals surface area contributed by atoms with Gasteiger partial charge in [-0.15, -0.1) is 0 Å². The number of carbonyl (C=O) groups excluding carboxylic acids is 1. The van der Waals surface area contributed by atoms with E-state index in [-0.39, 0.29) is 22.8 Å². The summed E-state index contributed by atoms with van der Waals surface area (Å²) in [5.41, 5.74) is 6.12. The normalized spacial score (nSPS) is 11.2. The molecule has 0 fully saturated rings. The van der Waals surface area contributed by atoms with E-state index in [0.717, 1.165) is 6.20 Å². The molecule has 0 aliphatic heterocycles. The second kappa shape index (κ2) is 6.10. The zero-order valence-electron chi connectivity index (χ0n) is 10.6. The molecule has 0 unspecified atom stereocenters. The van der Waals surface area contributed by atoms with Crippen LogP contribution in [0, 0.1) is 0 Å². The number of aromatic nitrogens is 1. The van der Waals surface area contributed by atoms with E-state index < -0.39 is 5.91 Å². The molecular formula is C13H11ClN4O3. The Morgan fingerprint density at radius 3 is 2.76 bits per heavy atom. The average molecular weight is 307 g/mol. The summed E-state index contributed by atoms with van der Waals surface area (Å²) < 4.78 is 0. The molecular weight excluding hydrogens is 296 g/mol. The quantitative estimate of drug-likeness (QED) is 0.298. The maximum atomic E-state index is 12.1. The summed E-state index contributed by atoms with van der Waals surface area (Å²) >= 11 is 5.87. The van der Waals surface area contributed by atoms with E-state index in [1.165, 1.54) is 30.5 Å². The van der Waals surface area contributed by atoms with Crippen LogP contribution >= 0.6 is 11.6 Å². The summed E-state index contributed by atoms with van der Waals surface area (Å²) in [6, 6.07) is 5.84. The van der Waals surface area contributed by atoms with Crippen molar-refractivity contribution in [3.63, 3.8) is 0 Å². The van der Waals surface area contributed by atoms with Gasteiger partial charge in [0, 0.05) is 16.8 Å². The lowest BCUT2D eigenvalue weighted by Gasteiger charge is -2.11. The third-order valence-electron chi connectivity index (χ3n) is 2.66. The minimum Gasteiger partial charge on any atom is -0.505 e. The number of carbonyl (C=O) groups is 1. The van der Waals surface area contributed by atoms with Crippen molar-refractivity contribution in [2.45, 2.75) is 0 Å². The summed E-state index contributed by atoms with van der Waals surface area (Å²) in [7, 11) is 0. The van der Waals surface area contributed by atoms with Crippen molar-refractivity contribution in [3.05, 3.63) is 52.8 Å². The summed E-state index contributed by atoms with van der Waals surface area (Å²) in [5.74, 6) is -1.02. The number of rotatable bonds is 3. The van der Waals surface area contributed by atoms with Gasteiger partial charge in [0.25, 0.3) is 5.91 Å². The number of aromatic hydroxyl groups is 1. The number of anilines is 1. The Morgan fingerprint density at radius 2 is 2.10 bits per heavy atom. The van der Waals surface area contributed by atoms with E-state index in [1.54, 1.807) is 0 Å². The van der Waals surface area contributed by atoms with Crippen LogP contribution in [0.1, 0.15) is 15.9 Å². The fraction of sp³-hybridized carbons (Fsp3) is 0. The molecule has 1 aromatic heterocycles. The standard InChI is InChI=1S/C13H11ClN4O3/c14-7-1-2-8(12(15)18-21)10(5-7)17-13(20)9-3-4-16-6-11(9)19/h1-6,19,21H,(H2,15,18)(H,17,20). The Labute approximate surface area is 124 Å². The number of benzene rings is 1.